The van der Waals surface area contributed by atoms with Crippen molar-refractivity contribution in [2.45, 2.75) is 19.8 Å². The van der Waals surface area contributed by atoms with Gasteiger partial charge in [-0.05, 0) is 18.6 Å². The van der Waals surface area contributed by atoms with E-state index in [9.17, 15) is 13.6 Å². The third-order valence-electron chi connectivity index (χ3n) is 3.12. The minimum atomic E-state index is -0.966. The second kappa shape index (κ2) is 9.17. The summed E-state index contributed by atoms with van der Waals surface area (Å²) in [7, 11) is 0. The lowest BCUT2D eigenvalue weighted by Gasteiger charge is -2.09. The van der Waals surface area contributed by atoms with E-state index < -0.39 is 11.6 Å². The minimum absolute atomic E-state index is 0.157. The van der Waals surface area contributed by atoms with Gasteiger partial charge in [0.05, 0.1) is 17.2 Å². The predicted octanol–water partition coefficient (Wildman–Crippen LogP) is 2.90. The second-order valence-corrected chi connectivity index (χ2v) is 5.89. The molecule has 0 radical (unpaired) electrons. The molecule has 0 aliphatic carbocycles. The van der Waals surface area contributed by atoms with Crippen LogP contribution >= 0.6 is 11.3 Å². The van der Waals surface area contributed by atoms with Crippen LogP contribution in [0.25, 0.3) is 0 Å². The number of urea groups is 1. The van der Waals surface area contributed by atoms with Crippen molar-refractivity contribution in [3.63, 3.8) is 0 Å². The normalized spacial score (nSPS) is 10.5. The molecule has 0 fully saturated rings. The van der Waals surface area contributed by atoms with E-state index in [1.165, 1.54) is 6.07 Å². The average molecular weight is 355 g/mol. The Labute approximate surface area is 143 Å². The number of hydrogen-bond acceptors (Lipinski definition) is 4. The molecule has 1 aromatic carbocycles. The molecule has 1 aromatic heterocycles. The Kier molecular flexibility index (Phi) is 6.92. The molecule has 0 saturated carbocycles. The summed E-state index contributed by atoms with van der Waals surface area (Å²) in [5.74, 6) is -1.68. The summed E-state index contributed by atoms with van der Waals surface area (Å²) in [6.45, 7) is 2.95. The summed E-state index contributed by atoms with van der Waals surface area (Å²) in [4.78, 5) is 16.0. The molecular formula is C16H19F2N3O2S. The van der Waals surface area contributed by atoms with Gasteiger partial charge in [-0.25, -0.2) is 18.6 Å². The van der Waals surface area contributed by atoms with Gasteiger partial charge >= 0.3 is 6.03 Å². The number of thiazole rings is 1. The number of nitrogens with zero attached hydrogens (tertiary/aromatic N) is 1. The first-order valence-corrected chi connectivity index (χ1v) is 8.49. The third kappa shape index (κ3) is 5.77. The SMILES string of the molecule is CCc1nc(CCNC(=O)NCCOc2ccc(F)c(F)c2)cs1. The zero-order valence-electron chi connectivity index (χ0n) is 13.3. The number of hydrogen-bond donors (Lipinski definition) is 2. The molecule has 0 atom stereocenters. The fourth-order valence-corrected chi connectivity index (χ4v) is 2.67. The van der Waals surface area contributed by atoms with Crippen molar-refractivity contribution in [2.24, 2.45) is 0 Å². The number of ether oxygens (including phenoxy) is 1. The highest BCUT2D eigenvalue weighted by molar-refractivity contribution is 7.09. The van der Waals surface area contributed by atoms with Crippen molar-refractivity contribution >= 4 is 17.4 Å². The molecule has 2 amide bonds. The highest BCUT2D eigenvalue weighted by Gasteiger charge is 2.04. The average Bonchev–Trinajstić information content (AvgIpc) is 3.03. The number of halogens is 2. The summed E-state index contributed by atoms with van der Waals surface area (Å²) in [6, 6.07) is 2.98. The van der Waals surface area contributed by atoms with Gasteiger partial charge in [-0.15, -0.1) is 11.3 Å². The maximum Gasteiger partial charge on any atom is 0.314 e. The second-order valence-electron chi connectivity index (χ2n) is 4.94. The van der Waals surface area contributed by atoms with Crippen LogP contribution in [-0.2, 0) is 12.8 Å². The molecule has 2 N–H and O–H groups in total. The summed E-state index contributed by atoms with van der Waals surface area (Å²) < 4.78 is 31.0. The highest BCUT2D eigenvalue weighted by Crippen LogP contribution is 2.15. The number of aryl methyl sites for hydroxylation is 1. The van der Waals surface area contributed by atoms with Crippen molar-refractivity contribution in [1.29, 1.82) is 0 Å². The van der Waals surface area contributed by atoms with E-state index in [1.807, 2.05) is 5.38 Å². The zero-order valence-corrected chi connectivity index (χ0v) is 14.1. The van der Waals surface area contributed by atoms with Crippen molar-refractivity contribution in [3.05, 3.63) is 45.9 Å². The summed E-state index contributed by atoms with van der Waals surface area (Å²) in [5.41, 5.74) is 0.971. The number of carbonyl (C=O) groups is 1. The molecule has 2 aromatic rings. The number of aromatic nitrogens is 1. The molecule has 2 rings (SSSR count). The molecule has 24 heavy (non-hydrogen) atoms. The Bertz CT molecular complexity index is 679. The number of carbonyl (C=O) groups excluding carboxylic acids is 1. The predicted molar refractivity (Wildman–Crippen MR) is 88.5 cm³/mol. The summed E-state index contributed by atoms with van der Waals surface area (Å²) in [6.07, 6.45) is 1.59. The van der Waals surface area contributed by atoms with E-state index in [2.05, 4.69) is 22.5 Å². The monoisotopic (exact) mass is 355 g/mol. The van der Waals surface area contributed by atoms with Crippen molar-refractivity contribution in [1.82, 2.24) is 15.6 Å². The first-order chi connectivity index (χ1) is 11.6. The van der Waals surface area contributed by atoms with Crippen LogP contribution in [0.3, 0.4) is 0 Å². The van der Waals surface area contributed by atoms with E-state index in [1.54, 1.807) is 11.3 Å². The number of benzene rings is 1. The molecule has 0 aliphatic heterocycles. The Hall–Kier alpha value is -2.22. The molecular weight excluding hydrogens is 336 g/mol. The van der Waals surface area contributed by atoms with E-state index >= 15 is 0 Å². The van der Waals surface area contributed by atoms with Gasteiger partial charge in [-0.3, -0.25) is 0 Å². The molecule has 0 unspecified atom stereocenters. The van der Waals surface area contributed by atoms with Crippen LogP contribution in [0.15, 0.2) is 23.6 Å². The largest absolute Gasteiger partial charge is 0.492 e. The molecule has 1 heterocycles. The fraction of sp³-hybridized carbons (Fsp3) is 0.375. The van der Waals surface area contributed by atoms with E-state index in [0.717, 1.165) is 29.3 Å². The maximum absolute atomic E-state index is 13.0. The van der Waals surface area contributed by atoms with Crippen LogP contribution in [0.1, 0.15) is 17.6 Å². The van der Waals surface area contributed by atoms with Crippen LogP contribution in [0.4, 0.5) is 13.6 Å². The molecule has 5 nitrogen and oxygen atoms in total. The van der Waals surface area contributed by atoms with Crippen LogP contribution in [-0.4, -0.2) is 30.7 Å². The molecule has 0 bridgehead atoms. The topological polar surface area (TPSA) is 63.2 Å². The van der Waals surface area contributed by atoms with Gasteiger partial charge in [0.2, 0.25) is 0 Å². The minimum Gasteiger partial charge on any atom is -0.492 e. The number of rotatable bonds is 8. The maximum atomic E-state index is 13.0. The van der Waals surface area contributed by atoms with Crippen LogP contribution < -0.4 is 15.4 Å². The van der Waals surface area contributed by atoms with Crippen molar-refractivity contribution in [3.8, 4) is 5.75 Å². The van der Waals surface area contributed by atoms with Crippen molar-refractivity contribution < 1.29 is 18.3 Å². The number of amides is 2. The first kappa shape index (κ1) is 18.1. The van der Waals surface area contributed by atoms with Gasteiger partial charge in [0.25, 0.3) is 0 Å². The van der Waals surface area contributed by atoms with E-state index in [0.29, 0.717) is 13.0 Å². The smallest absolute Gasteiger partial charge is 0.314 e. The van der Waals surface area contributed by atoms with Gasteiger partial charge < -0.3 is 15.4 Å². The van der Waals surface area contributed by atoms with Gasteiger partial charge in [0.1, 0.15) is 12.4 Å². The van der Waals surface area contributed by atoms with Gasteiger partial charge in [0, 0.05) is 24.4 Å². The Morgan fingerprint density at radius 1 is 1.25 bits per heavy atom. The number of nitrogens with one attached hydrogen (secondary N) is 2. The van der Waals surface area contributed by atoms with Crippen LogP contribution in [0, 0.1) is 11.6 Å². The highest BCUT2D eigenvalue weighted by atomic mass is 32.1. The van der Waals surface area contributed by atoms with Gasteiger partial charge in [-0.2, -0.15) is 0 Å². The molecule has 0 aliphatic rings. The quantitative estimate of drug-likeness (QED) is 0.716. The lowest BCUT2D eigenvalue weighted by Crippen LogP contribution is -2.38. The molecule has 0 spiro atoms. The third-order valence-corrected chi connectivity index (χ3v) is 4.16. The summed E-state index contributed by atoms with van der Waals surface area (Å²) >= 11 is 1.62. The lowest BCUT2D eigenvalue weighted by atomic mass is 10.3. The molecule has 130 valence electrons. The van der Waals surface area contributed by atoms with Crippen molar-refractivity contribution in [2.75, 3.05) is 19.7 Å². The Balaban J connectivity index is 1.58. The molecule has 0 saturated heterocycles. The van der Waals surface area contributed by atoms with Gasteiger partial charge in [-0.1, -0.05) is 6.92 Å². The Morgan fingerprint density at radius 3 is 2.75 bits per heavy atom. The van der Waals surface area contributed by atoms with Crippen LogP contribution in [0.2, 0.25) is 0 Å². The first-order valence-electron chi connectivity index (χ1n) is 7.61. The summed E-state index contributed by atoms with van der Waals surface area (Å²) in [5, 5.41) is 8.42. The molecule has 8 heteroatoms. The van der Waals surface area contributed by atoms with E-state index in [4.69, 9.17) is 4.74 Å². The zero-order chi connectivity index (χ0) is 17.4. The standard InChI is InChI=1S/C16H19F2N3O2S/c1-2-15-21-11(10-24-15)5-6-19-16(22)20-7-8-23-12-3-4-13(17)14(18)9-12/h3-4,9-10H,2,5-8H2,1H3,(H2,19,20,22). The fourth-order valence-electron chi connectivity index (χ4n) is 1.89. The lowest BCUT2D eigenvalue weighted by molar-refractivity contribution is 0.236. The van der Waals surface area contributed by atoms with E-state index in [-0.39, 0.29) is 24.9 Å². The van der Waals surface area contributed by atoms with Gasteiger partial charge in [0.15, 0.2) is 11.6 Å². The van der Waals surface area contributed by atoms with Crippen LogP contribution in [0.5, 0.6) is 5.75 Å². The Morgan fingerprint density at radius 2 is 2.04 bits per heavy atom.